The van der Waals surface area contributed by atoms with Crippen LogP contribution < -0.4 is 10.2 Å². The van der Waals surface area contributed by atoms with Crippen LogP contribution in [0, 0.1) is 0 Å². The first-order chi connectivity index (χ1) is 13.6. The van der Waals surface area contributed by atoms with Crippen molar-refractivity contribution in [2.24, 2.45) is 0 Å². The maximum absolute atomic E-state index is 12.4. The predicted octanol–water partition coefficient (Wildman–Crippen LogP) is 4.93. The third kappa shape index (κ3) is 4.44. The first-order valence-corrected chi connectivity index (χ1v) is 10.2. The Bertz CT molecular complexity index is 867. The molecular weight excluding hydrogens is 401 g/mol. The fourth-order valence-corrected chi connectivity index (χ4v) is 3.70. The lowest BCUT2D eigenvalue weighted by atomic mass is 9.97. The summed E-state index contributed by atoms with van der Waals surface area (Å²) >= 11 is 12.1. The van der Waals surface area contributed by atoms with Crippen LogP contribution in [0.25, 0.3) is 11.1 Å². The quantitative estimate of drug-likeness (QED) is 0.711. The largest absolute Gasteiger partial charge is 0.480 e. The molecule has 0 radical (unpaired) electrons. The number of hydrogen-bond donors (Lipinski definition) is 1. The number of carbonyl (C=O) groups excluding carboxylic acids is 1. The van der Waals surface area contributed by atoms with Crippen LogP contribution >= 0.6 is 23.2 Å². The first-order valence-electron chi connectivity index (χ1n) is 9.42. The van der Waals surface area contributed by atoms with E-state index in [-0.39, 0.29) is 12.2 Å². The summed E-state index contributed by atoms with van der Waals surface area (Å²) in [5, 5.41) is 1.01. The molecule has 1 N–H and O–H groups in total. The number of aryl methyl sites for hydroxylation is 1. The molecular formula is C21H21Cl2NO4. The molecule has 2 aromatic rings. The van der Waals surface area contributed by atoms with E-state index in [1.807, 2.05) is 30.3 Å². The van der Waals surface area contributed by atoms with Gasteiger partial charge in [-0.2, -0.15) is 0 Å². The summed E-state index contributed by atoms with van der Waals surface area (Å²) in [6.07, 6.45) is 3.22. The van der Waals surface area contributed by atoms with Gasteiger partial charge >= 0.3 is 0 Å². The van der Waals surface area contributed by atoms with Gasteiger partial charge in [-0.3, -0.25) is 4.79 Å². The minimum Gasteiger partial charge on any atom is -0.480 e. The number of hydrogen-bond acceptors (Lipinski definition) is 4. The maximum Gasteiger partial charge on any atom is 0.284 e. The Morgan fingerprint density at radius 3 is 2.64 bits per heavy atom. The third-order valence-electron chi connectivity index (χ3n) is 4.99. The average Bonchev–Trinajstić information content (AvgIpc) is 2.74. The van der Waals surface area contributed by atoms with Crippen molar-refractivity contribution in [1.82, 2.24) is 5.48 Å². The number of rotatable bonds is 4. The zero-order chi connectivity index (χ0) is 19.5. The molecule has 0 spiro atoms. The van der Waals surface area contributed by atoms with Gasteiger partial charge in [0.2, 0.25) is 0 Å². The van der Waals surface area contributed by atoms with E-state index in [2.05, 4.69) is 5.48 Å². The van der Waals surface area contributed by atoms with Gasteiger partial charge < -0.3 is 9.47 Å². The molecule has 2 aliphatic heterocycles. The van der Waals surface area contributed by atoms with E-state index >= 15 is 0 Å². The van der Waals surface area contributed by atoms with Crippen LogP contribution in [0.5, 0.6) is 5.75 Å². The van der Waals surface area contributed by atoms with E-state index < -0.39 is 6.10 Å². The molecule has 1 saturated heterocycles. The summed E-state index contributed by atoms with van der Waals surface area (Å²) in [5.41, 5.74) is 5.45. The Labute approximate surface area is 173 Å². The lowest BCUT2D eigenvalue weighted by molar-refractivity contribution is -0.203. The van der Waals surface area contributed by atoms with Crippen LogP contribution in [0.1, 0.15) is 31.2 Å². The molecule has 2 aliphatic rings. The van der Waals surface area contributed by atoms with Crippen molar-refractivity contribution < 1.29 is 19.1 Å². The lowest BCUT2D eigenvalue weighted by Crippen LogP contribution is -2.42. The van der Waals surface area contributed by atoms with Crippen molar-refractivity contribution in [2.45, 2.75) is 44.5 Å². The molecule has 2 atom stereocenters. The molecule has 1 fully saturated rings. The molecule has 0 aromatic heterocycles. The number of carbonyl (C=O) groups is 1. The van der Waals surface area contributed by atoms with Crippen LogP contribution in [0.3, 0.4) is 0 Å². The molecule has 4 rings (SSSR count). The number of amides is 1. The highest BCUT2D eigenvalue weighted by molar-refractivity contribution is 6.42. The molecule has 2 unspecified atom stereocenters. The monoisotopic (exact) mass is 421 g/mol. The normalized spacial score (nSPS) is 21.5. The number of halogens is 2. The summed E-state index contributed by atoms with van der Waals surface area (Å²) in [6, 6.07) is 11.5. The van der Waals surface area contributed by atoms with Crippen molar-refractivity contribution in [3.8, 4) is 16.9 Å². The number of benzene rings is 2. The van der Waals surface area contributed by atoms with Crippen molar-refractivity contribution in [3.05, 3.63) is 52.0 Å². The summed E-state index contributed by atoms with van der Waals surface area (Å²) < 4.78 is 11.4. The standard InChI is InChI=1S/C21H21Cl2NO4/c22-16-8-6-14(11-17(16)23)15-5-4-13-7-9-18(27-19(13)12-15)21(25)24-28-20-3-1-2-10-26-20/h4-6,8,11-12,18,20H,1-3,7,9-10H2,(H,24,25). The Morgan fingerprint density at radius 1 is 1.04 bits per heavy atom. The summed E-state index contributed by atoms with van der Waals surface area (Å²) in [5.74, 6) is 0.406. The van der Waals surface area contributed by atoms with Crippen molar-refractivity contribution in [1.29, 1.82) is 0 Å². The SMILES string of the molecule is O=C(NOC1CCCCO1)C1CCc2ccc(-c3ccc(Cl)c(Cl)c3)cc2O1. The predicted molar refractivity (Wildman–Crippen MR) is 107 cm³/mol. The maximum atomic E-state index is 12.4. The molecule has 148 valence electrons. The summed E-state index contributed by atoms with van der Waals surface area (Å²) in [7, 11) is 0. The molecule has 7 heteroatoms. The molecule has 0 bridgehead atoms. The first kappa shape index (κ1) is 19.5. The second-order valence-electron chi connectivity index (χ2n) is 6.98. The van der Waals surface area contributed by atoms with Gasteiger partial charge in [0.05, 0.1) is 10.0 Å². The van der Waals surface area contributed by atoms with Crippen LogP contribution in [-0.4, -0.2) is 24.9 Å². The van der Waals surface area contributed by atoms with Crippen LogP contribution in [-0.2, 0) is 20.8 Å². The van der Waals surface area contributed by atoms with E-state index in [0.717, 1.165) is 42.4 Å². The molecule has 0 aliphatic carbocycles. The number of hydroxylamine groups is 1. The Balaban J connectivity index is 1.43. The van der Waals surface area contributed by atoms with Gasteiger partial charge in [0.25, 0.3) is 5.91 Å². The van der Waals surface area contributed by atoms with E-state index in [9.17, 15) is 4.79 Å². The topological polar surface area (TPSA) is 56.8 Å². The highest BCUT2D eigenvalue weighted by Crippen LogP contribution is 2.34. The number of nitrogens with one attached hydrogen (secondary N) is 1. The Kier molecular flexibility index (Phi) is 6.07. The van der Waals surface area contributed by atoms with Gasteiger partial charge in [0.15, 0.2) is 12.4 Å². The number of fused-ring (bicyclic) bond motifs is 1. The van der Waals surface area contributed by atoms with Crippen LogP contribution in [0.2, 0.25) is 10.0 Å². The minimum absolute atomic E-state index is 0.292. The summed E-state index contributed by atoms with van der Waals surface area (Å²) in [4.78, 5) is 17.8. The smallest absolute Gasteiger partial charge is 0.284 e. The third-order valence-corrected chi connectivity index (χ3v) is 5.73. The summed E-state index contributed by atoms with van der Waals surface area (Å²) in [6.45, 7) is 0.658. The highest BCUT2D eigenvalue weighted by atomic mass is 35.5. The lowest BCUT2D eigenvalue weighted by Gasteiger charge is -2.27. The average molecular weight is 422 g/mol. The zero-order valence-corrected chi connectivity index (χ0v) is 16.8. The van der Waals surface area contributed by atoms with E-state index in [0.29, 0.717) is 28.8 Å². The Hall–Kier alpha value is -1.79. The van der Waals surface area contributed by atoms with Crippen molar-refractivity contribution >= 4 is 29.1 Å². The van der Waals surface area contributed by atoms with Gasteiger partial charge in [0, 0.05) is 13.0 Å². The Morgan fingerprint density at radius 2 is 1.86 bits per heavy atom. The van der Waals surface area contributed by atoms with E-state index in [4.69, 9.17) is 37.5 Å². The van der Waals surface area contributed by atoms with Gasteiger partial charge in [0.1, 0.15) is 5.75 Å². The minimum atomic E-state index is -0.597. The van der Waals surface area contributed by atoms with Crippen molar-refractivity contribution in [2.75, 3.05) is 6.61 Å². The molecule has 5 nitrogen and oxygen atoms in total. The highest BCUT2D eigenvalue weighted by Gasteiger charge is 2.27. The molecule has 1 amide bonds. The van der Waals surface area contributed by atoms with Crippen molar-refractivity contribution in [3.63, 3.8) is 0 Å². The molecule has 2 heterocycles. The molecule has 2 aromatic carbocycles. The van der Waals surface area contributed by atoms with Gasteiger partial charge in [-0.25, -0.2) is 10.3 Å². The van der Waals surface area contributed by atoms with Gasteiger partial charge in [-0.05, 0) is 60.6 Å². The number of ether oxygens (including phenoxy) is 2. The second-order valence-corrected chi connectivity index (χ2v) is 7.79. The van der Waals surface area contributed by atoms with Gasteiger partial charge in [-0.1, -0.05) is 41.4 Å². The van der Waals surface area contributed by atoms with E-state index in [1.54, 1.807) is 6.07 Å². The fraction of sp³-hybridized carbons (Fsp3) is 0.381. The molecule has 28 heavy (non-hydrogen) atoms. The fourth-order valence-electron chi connectivity index (χ4n) is 3.40. The zero-order valence-electron chi connectivity index (χ0n) is 15.3. The van der Waals surface area contributed by atoms with Gasteiger partial charge in [-0.15, -0.1) is 0 Å². The second kappa shape index (κ2) is 8.70. The van der Waals surface area contributed by atoms with Crippen LogP contribution in [0.4, 0.5) is 0 Å². The van der Waals surface area contributed by atoms with E-state index in [1.165, 1.54) is 0 Å². The van der Waals surface area contributed by atoms with Crippen LogP contribution in [0.15, 0.2) is 36.4 Å². The molecule has 0 saturated carbocycles.